The van der Waals surface area contributed by atoms with Gasteiger partial charge in [0, 0.05) is 17.6 Å². The number of rotatable bonds is 6. The van der Waals surface area contributed by atoms with Gasteiger partial charge < -0.3 is 11.1 Å². The van der Waals surface area contributed by atoms with Gasteiger partial charge in [-0.15, -0.1) is 0 Å². The molecule has 2 saturated carbocycles. The van der Waals surface area contributed by atoms with Crippen LogP contribution in [-0.2, 0) is 6.54 Å². The van der Waals surface area contributed by atoms with E-state index in [1.54, 1.807) is 0 Å². The lowest BCUT2D eigenvalue weighted by atomic mass is 9.98. The van der Waals surface area contributed by atoms with Crippen LogP contribution in [0.3, 0.4) is 0 Å². The van der Waals surface area contributed by atoms with E-state index in [2.05, 4.69) is 5.32 Å². The van der Waals surface area contributed by atoms with E-state index in [-0.39, 0.29) is 0 Å². The van der Waals surface area contributed by atoms with Crippen molar-refractivity contribution in [2.45, 2.75) is 32.2 Å². The standard InChI is InChI=1S/C18H23N3/c19-17-9-14(21-18-4-2-1-3-15(17)18)10-20-11-16(12-5-6-12)13-7-8-13/h1-4,9,12-13,16,20H,5-8,10-11H2,(H2,19,21). The lowest BCUT2D eigenvalue weighted by Crippen LogP contribution is -2.25. The first-order valence-corrected chi connectivity index (χ1v) is 8.16. The Kier molecular flexibility index (Phi) is 3.30. The van der Waals surface area contributed by atoms with Crippen LogP contribution in [0, 0.1) is 17.8 Å². The number of hydrogen-bond donors (Lipinski definition) is 2. The molecule has 1 heterocycles. The maximum atomic E-state index is 6.14. The van der Waals surface area contributed by atoms with E-state index in [0.717, 1.165) is 53.1 Å². The van der Waals surface area contributed by atoms with Crippen LogP contribution in [0.25, 0.3) is 10.9 Å². The largest absolute Gasteiger partial charge is 0.398 e. The van der Waals surface area contributed by atoms with E-state index in [4.69, 9.17) is 10.7 Å². The summed E-state index contributed by atoms with van der Waals surface area (Å²) < 4.78 is 0. The van der Waals surface area contributed by atoms with Crippen LogP contribution in [0.15, 0.2) is 30.3 Å². The molecule has 1 aromatic carbocycles. The molecular formula is C18H23N3. The average Bonchev–Trinajstić information content (AvgIpc) is 3.37. The van der Waals surface area contributed by atoms with Gasteiger partial charge in [-0.1, -0.05) is 18.2 Å². The fourth-order valence-corrected chi connectivity index (χ4v) is 3.48. The first-order valence-electron chi connectivity index (χ1n) is 8.16. The van der Waals surface area contributed by atoms with E-state index in [1.807, 2.05) is 30.3 Å². The first-order chi connectivity index (χ1) is 10.3. The number of hydrogen-bond acceptors (Lipinski definition) is 3. The third kappa shape index (κ3) is 2.88. The van der Waals surface area contributed by atoms with Crippen LogP contribution in [0.5, 0.6) is 0 Å². The number of benzene rings is 1. The number of para-hydroxylation sites is 1. The molecule has 0 bridgehead atoms. The normalized spacial score (nSPS) is 18.5. The van der Waals surface area contributed by atoms with Gasteiger partial charge in [-0.3, -0.25) is 4.98 Å². The Bertz CT molecular complexity index is 632. The van der Waals surface area contributed by atoms with Crippen molar-refractivity contribution in [1.82, 2.24) is 10.3 Å². The van der Waals surface area contributed by atoms with Crippen molar-refractivity contribution in [3.05, 3.63) is 36.0 Å². The molecular weight excluding hydrogens is 258 g/mol. The van der Waals surface area contributed by atoms with E-state index in [1.165, 1.54) is 25.7 Å². The molecule has 0 spiro atoms. The van der Waals surface area contributed by atoms with Crippen molar-refractivity contribution in [1.29, 1.82) is 0 Å². The molecule has 2 aromatic rings. The van der Waals surface area contributed by atoms with Crippen molar-refractivity contribution in [3.8, 4) is 0 Å². The van der Waals surface area contributed by atoms with Crippen LogP contribution in [-0.4, -0.2) is 11.5 Å². The number of nitrogen functional groups attached to an aromatic ring is 1. The topological polar surface area (TPSA) is 50.9 Å². The lowest BCUT2D eigenvalue weighted by molar-refractivity contribution is 0.378. The molecule has 1 aromatic heterocycles. The van der Waals surface area contributed by atoms with Crippen molar-refractivity contribution in [2.24, 2.45) is 17.8 Å². The highest BCUT2D eigenvalue weighted by Gasteiger charge is 2.40. The summed E-state index contributed by atoms with van der Waals surface area (Å²) in [7, 11) is 0. The second kappa shape index (κ2) is 5.30. The predicted molar refractivity (Wildman–Crippen MR) is 86.8 cm³/mol. The molecule has 2 aliphatic rings. The summed E-state index contributed by atoms with van der Waals surface area (Å²) in [4.78, 5) is 4.71. The monoisotopic (exact) mass is 281 g/mol. The van der Waals surface area contributed by atoms with Crippen molar-refractivity contribution in [2.75, 3.05) is 12.3 Å². The number of aromatic nitrogens is 1. The summed E-state index contributed by atoms with van der Waals surface area (Å²) in [5.41, 5.74) is 9.02. The number of pyridine rings is 1. The Morgan fingerprint density at radius 2 is 1.86 bits per heavy atom. The van der Waals surface area contributed by atoms with Gasteiger partial charge in [-0.05, 0) is 62.1 Å². The fraction of sp³-hybridized carbons (Fsp3) is 0.500. The zero-order valence-corrected chi connectivity index (χ0v) is 12.4. The highest BCUT2D eigenvalue weighted by atomic mass is 14.9. The van der Waals surface area contributed by atoms with Crippen molar-refractivity contribution >= 4 is 16.6 Å². The fourth-order valence-electron chi connectivity index (χ4n) is 3.48. The Hall–Kier alpha value is -1.61. The highest BCUT2D eigenvalue weighted by molar-refractivity contribution is 5.90. The second-order valence-corrected chi connectivity index (χ2v) is 6.69. The van der Waals surface area contributed by atoms with E-state index in [0.29, 0.717) is 0 Å². The van der Waals surface area contributed by atoms with Gasteiger partial charge in [0.2, 0.25) is 0 Å². The summed E-state index contributed by atoms with van der Waals surface area (Å²) in [6, 6.07) is 10.1. The minimum atomic E-state index is 0.824. The number of fused-ring (bicyclic) bond motifs is 1. The van der Waals surface area contributed by atoms with Crippen molar-refractivity contribution < 1.29 is 0 Å². The summed E-state index contributed by atoms with van der Waals surface area (Å²) in [5, 5.41) is 4.67. The number of anilines is 1. The summed E-state index contributed by atoms with van der Waals surface area (Å²) in [6.45, 7) is 1.97. The molecule has 0 unspecified atom stereocenters. The quantitative estimate of drug-likeness (QED) is 0.854. The predicted octanol–water partition coefficient (Wildman–Crippen LogP) is 3.34. The van der Waals surface area contributed by atoms with Crippen LogP contribution in [0.1, 0.15) is 31.4 Å². The molecule has 21 heavy (non-hydrogen) atoms. The van der Waals surface area contributed by atoms with Crippen LogP contribution in [0.4, 0.5) is 5.69 Å². The molecule has 0 atom stereocenters. The first kappa shape index (κ1) is 13.1. The van der Waals surface area contributed by atoms with E-state index < -0.39 is 0 Å². The molecule has 0 saturated heterocycles. The Balaban J connectivity index is 1.42. The van der Waals surface area contributed by atoms with Gasteiger partial charge in [-0.2, -0.15) is 0 Å². The molecule has 0 aliphatic heterocycles. The zero-order valence-electron chi connectivity index (χ0n) is 12.4. The molecule has 0 radical (unpaired) electrons. The van der Waals surface area contributed by atoms with E-state index in [9.17, 15) is 0 Å². The summed E-state index contributed by atoms with van der Waals surface area (Å²) in [6.07, 6.45) is 5.79. The Morgan fingerprint density at radius 1 is 1.14 bits per heavy atom. The maximum Gasteiger partial charge on any atom is 0.0726 e. The smallest absolute Gasteiger partial charge is 0.0726 e. The molecule has 2 fully saturated rings. The van der Waals surface area contributed by atoms with Gasteiger partial charge >= 0.3 is 0 Å². The number of nitrogens with one attached hydrogen (secondary N) is 1. The molecule has 3 nitrogen and oxygen atoms in total. The minimum absolute atomic E-state index is 0.824. The Labute approximate surface area is 125 Å². The van der Waals surface area contributed by atoms with Gasteiger partial charge in [0.1, 0.15) is 0 Å². The zero-order chi connectivity index (χ0) is 14.2. The molecule has 0 amide bonds. The third-order valence-corrected chi connectivity index (χ3v) is 4.94. The van der Waals surface area contributed by atoms with Gasteiger partial charge in [0.05, 0.1) is 11.2 Å². The third-order valence-electron chi connectivity index (χ3n) is 4.94. The lowest BCUT2D eigenvalue weighted by Gasteiger charge is -2.16. The molecule has 3 heteroatoms. The molecule has 3 N–H and O–H groups in total. The molecule has 4 rings (SSSR count). The summed E-state index contributed by atoms with van der Waals surface area (Å²) >= 11 is 0. The molecule has 110 valence electrons. The Morgan fingerprint density at radius 3 is 2.57 bits per heavy atom. The number of nitrogens with two attached hydrogens (primary N) is 1. The SMILES string of the molecule is Nc1cc(CNCC(C2CC2)C2CC2)nc2ccccc12. The van der Waals surface area contributed by atoms with Gasteiger partial charge in [-0.25, -0.2) is 0 Å². The van der Waals surface area contributed by atoms with Gasteiger partial charge in [0.15, 0.2) is 0 Å². The molecule has 2 aliphatic carbocycles. The van der Waals surface area contributed by atoms with Crippen LogP contribution < -0.4 is 11.1 Å². The van der Waals surface area contributed by atoms with Gasteiger partial charge in [0.25, 0.3) is 0 Å². The highest BCUT2D eigenvalue weighted by Crippen LogP contribution is 2.48. The minimum Gasteiger partial charge on any atom is -0.398 e. The van der Waals surface area contributed by atoms with Crippen LogP contribution >= 0.6 is 0 Å². The van der Waals surface area contributed by atoms with Crippen molar-refractivity contribution in [3.63, 3.8) is 0 Å². The average molecular weight is 281 g/mol. The maximum absolute atomic E-state index is 6.14. The second-order valence-electron chi connectivity index (χ2n) is 6.69. The summed E-state index contributed by atoms with van der Waals surface area (Å²) in [5.74, 6) is 2.90. The van der Waals surface area contributed by atoms with Crippen LogP contribution in [0.2, 0.25) is 0 Å². The number of nitrogens with zero attached hydrogens (tertiary/aromatic N) is 1. The van der Waals surface area contributed by atoms with E-state index >= 15 is 0 Å².